The van der Waals surface area contributed by atoms with Crippen LogP contribution in [0.3, 0.4) is 0 Å². The summed E-state index contributed by atoms with van der Waals surface area (Å²) in [5.74, 6) is 1.53. The summed E-state index contributed by atoms with van der Waals surface area (Å²) in [4.78, 5) is 2.42. The number of likely N-dealkylation sites (N-methyl/N-ethyl adjacent to an activating group) is 1. The lowest BCUT2D eigenvalue weighted by molar-refractivity contribution is 0.285. The Hall–Kier alpha value is -1.06. The predicted octanol–water partition coefficient (Wildman–Crippen LogP) is 3.43. The van der Waals surface area contributed by atoms with Gasteiger partial charge in [0.2, 0.25) is 0 Å². The van der Waals surface area contributed by atoms with Crippen molar-refractivity contribution in [2.75, 3.05) is 39.3 Å². The molecule has 0 aliphatic rings. The zero-order chi connectivity index (χ0) is 15.7. The van der Waals surface area contributed by atoms with Crippen molar-refractivity contribution in [1.82, 2.24) is 10.2 Å². The third-order valence-electron chi connectivity index (χ3n) is 3.79. The van der Waals surface area contributed by atoms with Gasteiger partial charge in [0.05, 0.1) is 0 Å². The van der Waals surface area contributed by atoms with E-state index >= 15 is 0 Å². The third-order valence-corrected chi connectivity index (χ3v) is 3.79. The highest BCUT2D eigenvalue weighted by Crippen LogP contribution is 2.22. The van der Waals surface area contributed by atoms with Crippen molar-refractivity contribution in [3.05, 3.63) is 29.3 Å². The van der Waals surface area contributed by atoms with E-state index < -0.39 is 0 Å². The second-order valence-corrected chi connectivity index (χ2v) is 5.86. The van der Waals surface area contributed by atoms with E-state index in [4.69, 9.17) is 4.74 Å². The van der Waals surface area contributed by atoms with Crippen LogP contribution < -0.4 is 10.1 Å². The maximum Gasteiger partial charge on any atom is 0.119 e. The van der Waals surface area contributed by atoms with Crippen LogP contribution in [0.5, 0.6) is 5.75 Å². The monoisotopic (exact) mass is 292 g/mol. The van der Waals surface area contributed by atoms with Crippen LogP contribution in [0.2, 0.25) is 0 Å². The van der Waals surface area contributed by atoms with Gasteiger partial charge in [-0.3, -0.25) is 0 Å². The molecule has 0 aliphatic heterocycles. The first-order chi connectivity index (χ1) is 10.1. The fourth-order valence-electron chi connectivity index (χ4n) is 2.34. The number of hydrogen-bond donors (Lipinski definition) is 1. The van der Waals surface area contributed by atoms with Gasteiger partial charge < -0.3 is 15.0 Å². The van der Waals surface area contributed by atoms with Crippen LogP contribution >= 0.6 is 0 Å². The molecule has 3 nitrogen and oxygen atoms in total. The number of nitrogens with zero attached hydrogens (tertiary/aromatic N) is 1. The van der Waals surface area contributed by atoms with Gasteiger partial charge in [-0.2, -0.15) is 0 Å². The summed E-state index contributed by atoms with van der Waals surface area (Å²) in [5, 5.41) is 3.44. The molecule has 0 fully saturated rings. The number of aryl methyl sites for hydroxylation is 1. The molecule has 0 amide bonds. The van der Waals surface area contributed by atoms with Crippen LogP contribution in [0.1, 0.15) is 44.7 Å². The van der Waals surface area contributed by atoms with Crippen molar-refractivity contribution in [2.24, 2.45) is 0 Å². The number of benzene rings is 1. The van der Waals surface area contributed by atoms with Crippen molar-refractivity contribution < 1.29 is 4.74 Å². The molecule has 1 aromatic rings. The molecule has 0 aromatic heterocycles. The van der Waals surface area contributed by atoms with Gasteiger partial charge in [0.25, 0.3) is 0 Å². The van der Waals surface area contributed by atoms with Crippen LogP contribution in [0.25, 0.3) is 0 Å². The smallest absolute Gasteiger partial charge is 0.119 e. The maximum absolute atomic E-state index is 5.86. The highest BCUT2D eigenvalue weighted by Gasteiger charge is 2.03. The molecule has 0 radical (unpaired) electrons. The van der Waals surface area contributed by atoms with E-state index in [1.807, 2.05) is 0 Å². The normalized spacial score (nSPS) is 11.4. The first-order valence-electron chi connectivity index (χ1n) is 8.24. The predicted molar refractivity (Wildman–Crippen MR) is 91.4 cm³/mol. The number of ether oxygens (including phenoxy) is 1. The van der Waals surface area contributed by atoms with Gasteiger partial charge in [-0.05, 0) is 49.2 Å². The van der Waals surface area contributed by atoms with E-state index in [9.17, 15) is 0 Å². The molecule has 0 saturated carbocycles. The third kappa shape index (κ3) is 6.96. The molecule has 1 N–H and O–H groups in total. The van der Waals surface area contributed by atoms with Gasteiger partial charge in [0.1, 0.15) is 12.4 Å². The molecule has 1 rings (SSSR count). The summed E-state index contributed by atoms with van der Waals surface area (Å²) in [6.45, 7) is 17.0. The lowest BCUT2D eigenvalue weighted by Gasteiger charge is -2.18. The number of hydrogen-bond acceptors (Lipinski definition) is 3. The summed E-state index contributed by atoms with van der Waals surface area (Å²) in [7, 11) is 0. The van der Waals surface area contributed by atoms with Gasteiger partial charge in [-0.1, -0.05) is 33.8 Å². The summed E-state index contributed by atoms with van der Waals surface area (Å²) < 4.78 is 5.86. The van der Waals surface area contributed by atoms with E-state index in [-0.39, 0.29) is 0 Å². The van der Waals surface area contributed by atoms with Gasteiger partial charge in [-0.15, -0.1) is 0 Å². The molecule has 0 spiro atoms. The van der Waals surface area contributed by atoms with Gasteiger partial charge >= 0.3 is 0 Å². The van der Waals surface area contributed by atoms with Crippen LogP contribution in [-0.2, 0) is 0 Å². The molecule has 0 atom stereocenters. The van der Waals surface area contributed by atoms with Gasteiger partial charge in [-0.25, -0.2) is 0 Å². The minimum Gasteiger partial charge on any atom is -0.492 e. The SMILES string of the molecule is CCN(CC)CCNCCOc1cc(C)cc(C(C)C)c1. The van der Waals surface area contributed by atoms with E-state index in [0.717, 1.165) is 45.1 Å². The first-order valence-corrected chi connectivity index (χ1v) is 8.24. The van der Waals surface area contributed by atoms with E-state index in [2.05, 4.69) is 63.0 Å². The number of nitrogens with one attached hydrogen (secondary N) is 1. The fourth-order valence-corrected chi connectivity index (χ4v) is 2.34. The van der Waals surface area contributed by atoms with Crippen molar-refractivity contribution in [1.29, 1.82) is 0 Å². The Kier molecular flexibility index (Phi) is 8.40. The molecule has 0 unspecified atom stereocenters. The average Bonchev–Trinajstić information content (AvgIpc) is 2.46. The molecular formula is C18H32N2O. The lowest BCUT2D eigenvalue weighted by atomic mass is 10.0. The van der Waals surface area contributed by atoms with E-state index in [0.29, 0.717) is 5.92 Å². The molecule has 21 heavy (non-hydrogen) atoms. The minimum absolute atomic E-state index is 0.541. The molecule has 0 bridgehead atoms. The summed E-state index contributed by atoms with van der Waals surface area (Å²) in [6.07, 6.45) is 0. The molecule has 0 saturated heterocycles. The average molecular weight is 292 g/mol. The zero-order valence-corrected chi connectivity index (χ0v) is 14.4. The highest BCUT2D eigenvalue weighted by atomic mass is 16.5. The van der Waals surface area contributed by atoms with E-state index in [1.165, 1.54) is 11.1 Å². The molecule has 0 aliphatic carbocycles. The van der Waals surface area contributed by atoms with Crippen molar-refractivity contribution >= 4 is 0 Å². The molecule has 0 heterocycles. The molecule has 120 valence electrons. The first kappa shape index (κ1) is 18.0. The quantitative estimate of drug-likeness (QED) is 0.669. The van der Waals surface area contributed by atoms with Crippen molar-refractivity contribution in [3.63, 3.8) is 0 Å². The molecule has 3 heteroatoms. The summed E-state index contributed by atoms with van der Waals surface area (Å²) in [6, 6.07) is 6.51. The van der Waals surface area contributed by atoms with Crippen molar-refractivity contribution in [3.8, 4) is 5.75 Å². The minimum atomic E-state index is 0.541. The second kappa shape index (κ2) is 9.80. The Labute approximate surface area is 130 Å². The zero-order valence-electron chi connectivity index (χ0n) is 14.4. The Morgan fingerprint density at radius 3 is 2.43 bits per heavy atom. The molecular weight excluding hydrogens is 260 g/mol. The largest absolute Gasteiger partial charge is 0.492 e. The van der Waals surface area contributed by atoms with Gasteiger partial charge in [0, 0.05) is 19.6 Å². The Morgan fingerprint density at radius 2 is 1.81 bits per heavy atom. The van der Waals surface area contributed by atoms with E-state index in [1.54, 1.807) is 0 Å². The van der Waals surface area contributed by atoms with Gasteiger partial charge in [0.15, 0.2) is 0 Å². The Bertz CT molecular complexity index is 400. The summed E-state index contributed by atoms with van der Waals surface area (Å²) in [5.41, 5.74) is 2.62. The lowest BCUT2D eigenvalue weighted by Crippen LogP contribution is -2.33. The van der Waals surface area contributed by atoms with Crippen LogP contribution in [-0.4, -0.2) is 44.2 Å². The molecule has 1 aromatic carbocycles. The second-order valence-electron chi connectivity index (χ2n) is 5.86. The standard InChI is InChI=1S/C18H32N2O/c1-6-20(7-2)10-8-19-9-11-21-18-13-16(5)12-17(14-18)15(3)4/h12-15,19H,6-11H2,1-5H3. The fraction of sp³-hybridized carbons (Fsp3) is 0.667. The van der Waals surface area contributed by atoms with Crippen LogP contribution in [0.15, 0.2) is 18.2 Å². The highest BCUT2D eigenvalue weighted by molar-refractivity contribution is 5.35. The topological polar surface area (TPSA) is 24.5 Å². The summed E-state index contributed by atoms with van der Waals surface area (Å²) >= 11 is 0. The number of rotatable bonds is 10. The Morgan fingerprint density at radius 1 is 1.10 bits per heavy atom. The van der Waals surface area contributed by atoms with Crippen LogP contribution in [0, 0.1) is 6.92 Å². The maximum atomic E-state index is 5.86. The van der Waals surface area contributed by atoms with Crippen LogP contribution in [0.4, 0.5) is 0 Å². The Balaban J connectivity index is 2.27. The van der Waals surface area contributed by atoms with Crippen molar-refractivity contribution in [2.45, 2.75) is 40.5 Å².